The number of amides is 2. The van der Waals surface area contributed by atoms with Crippen LogP contribution in [0.2, 0.25) is 0 Å². The fourth-order valence-corrected chi connectivity index (χ4v) is 6.93. The van der Waals surface area contributed by atoms with E-state index >= 15 is 0 Å². The summed E-state index contributed by atoms with van der Waals surface area (Å²) in [6, 6.07) is 23.6. The third-order valence-electron chi connectivity index (χ3n) is 8.18. The maximum Gasteiger partial charge on any atom is 1.00 e. The van der Waals surface area contributed by atoms with Gasteiger partial charge in [-0.25, -0.2) is 26.3 Å². The molecule has 22 heteroatoms. The minimum absolute atomic E-state index is 0. The third-order valence-corrected chi connectivity index (χ3v) is 11.0. The molecule has 0 aromatic heterocycles. The molecule has 0 fully saturated rings. The van der Waals surface area contributed by atoms with Crippen LogP contribution in [0.5, 0.6) is 23.0 Å². The summed E-state index contributed by atoms with van der Waals surface area (Å²) in [5.74, 6) is -1.57. The van der Waals surface area contributed by atoms with Crippen LogP contribution in [0.3, 0.4) is 0 Å². The number of benzene rings is 6. The van der Waals surface area contributed by atoms with E-state index in [0.717, 1.165) is 12.1 Å². The van der Waals surface area contributed by atoms with Crippen molar-refractivity contribution in [3.05, 3.63) is 97.1 Å². The van der Waals surface area contributed by atoms with Crippen molar-refractivity contribution in [2.75, 3.05) is 24.7 Å². The summed E-state index contributed by atoms with van der Waals surface area (Å²) in [5, 5.41) is 64.2. The molecule has 0 atom stereocenters. The van der Waals surface area contributed by atoms with Crippen LogP contribution in [0.4, 0.5) is 34.1 Å². The van der Waals surface area contributed by atoms with Crippen LogP contribution in [0.25, 0.3) is 21.5 Å². The van der Waals surface area contributed by atoms with Crippen LogP contribution in [-0.4, -0.2) is 63.2 Å². The van der Waals surface area contributed by atoms with Crippen molar-refractivity contribution < 1.29 is 93.8 Å². The molecule has 0 spiro atoms. The van der Waals surface area contributed by atoms with Gasteiger partial charge in [0, 0.05) is 42.0 Å². The minimum Gasteiger partial charge on any atom is -0.506 e. The van der Waals surface area contributed by atoms with Gasteiger partial charge in [-0.15, -0.1) is 20.5 Å². The molecular weight excluding hydrogens is 868 g/mol. The van der Waals surface area contributed by atoms with Crippen LogP contribution < -0.4 is 49.6 Å². The molecule has 0 unspecified atom stereocenters. The molecule has 6 aromatic rings. The van der Waals surface area contributed by atoms with Gasteiger partial charge >= 0.3 is 29.6 Å². The van der Waals surface area contributed by atoms with Crippen molar-refractivity contribution in [2.45, 2.75) is 23.6 Å². The first-order chi connectivity index (χ1) is 27.4. The van der Waals surface area contributed by atoms with Crippen LogP contribution in [-0.2, 0) is 47.0 Å². The fourth-order valence-electron chi connectivity index (χ4n) is 5.43. The zero-order valence-electron chi connectivity index (χ0n) is 32.5. The number of hydrogen-bond acceptors (Lipinski definition) is 14. The molecular formula is C38H36CrN8NaO10S2+. The number of rotatable bonds is 10. The number of azo groups is 2. The Morgan fingerprint density at radius 2 is 0.867 bits per heavy atom. The van der Waals surface area contributed by atoms with E-state index in [1.807, 2.05) is 0 Å². The fraction of sp³-hybridized carbons (Fsp3) is 0.105. The summed E-state index contributed by atoms with van der Waals surface area (Å²) in [6.45, 7) is 2.71. The second-order valence-electron chi connectivity index (χ2n) is 12.2. The second-order valence-corrected chi connectivity index (χ2v) is 15.9. The molecule has 6 aromatic carbocycles. The average molecular weight is 904 g/mol. The number of hydrogen-bond donors (Lipinski definition) is 8. The SMILES string of the molecule is CNS(=O)(=O)c1ccc(O)c(N=Nc2c(O)ccc3cccc(NC(C)=O)c23)c1.CNS(=O)(=O)c1ccc(O)c(N=Nc2c(O)ccc3cccc(NC(C)=O)c23)c1.[Cr].[Na+]. The summed E-state index contributed by atoms with van der Waals surface area (Å²) in [4.78, 5) is 22.8. The van der Waals surface area contributed by atoms with E-state index in [1.165, 1.54) is 64.3 Å². The summed E-state index contributed by atoms with van der Waals surface area (Å²) in [7, 11) is -4.96. The summed E-state index contributed by atoms with van der Waals surface area (Å²) >= 11 is 0. The van der Waals surface area contributed by atoms with Crippen molar-refractivity contribution in [3.63, 3.8) is 0 Å². The molecule has 0 heterocycles. The molecule has 8 N–H and O–H groups in total. The Balaban J connectivity index is 0.000000310. The molecule has 6 rings (SSSR count). The first kappa shape index (κ1) is 48.9. The Kier molecular flexibility index (Phi) is 16.8. The third kappa shape index (κ3) is 11.4. The maximum atomic E-state index is 12.0. The Labute approximate surface area is 377 Å². The molecule has 0 aliphatic carbocycles. The van der Waals surface area contributed by atoms with E-state index in [2.05, 4.69) is 40.5 Å². The number of carbonyl (C=O) groups excluding carboxylic acids is 2. The summed E-state index contributed by atoms with van der Waals surface area (Å²) < 4.78 is 52.2. The van der Waals surface area contributed by atoms with Crippen LogP contribution >= 0.6 is 0 Å². The molecule has 0 saturated carbocycles. The number of sulfonamides is 2. The van der Waals surface area contributed by atoms with Crippen molar-refractivity contribution >= 4 is 87.5 Å². The van der Waals surface area contributed by atoms with Gasteiger partial charge in [0.15, 0.2) is 0 Å². The number of nitrogens with one attached hydrogen (secondary N) is 4. The zero-order valence-corrected chi connectivity index (χ0v) is 37.4. The van der Waals surface area contributed by atoms with Gasteiger partial charge in [0.2, 0.25) is 31.9 Å². The largest absolute Gasteiger partial charge is 1.00 e. The maximum absolute atomic E-state index is 12.0. The van der Waals surface area contributed by atoms with Gasteiger partial charge in [0.25, 0.3) is 0 Å². The number of phenols is 4. The molecule has 2 amide bonds. The first-order valence-corrected chi connectivity index (χ1v) is 19.8. The monoisotopic (exact) mass is 903 g/mol. The van der Waals surface area contributed by atoms with E-state index in [9.17, 15) is 46.9 Å². The molecule has 0 aliphatic rings. The number of phenolic OH excluding ortho intramolecular Hbond substituents is 4. The van der Waals surface area contributed by atoms with Crippen molar-refractivity contribution in [1.29, 1.82) is 0 Å². The predicted molar refractivity (Wildman–Crippen MR) is 217 cm³/mol. The van der Waals surface area contributed by atoms with Gasteiger partial charge in [-0.05, 0) is 85.5 Å². The van der Waals surface area contributed by atoms with Crippen molar-refractivity contribution in [1.82, 2.24) is 9.44 Å². The van der Waals surface area contributed by atoms with Crippen LogP contribution in [0.15, 0.2) is 127 Å². The Morgan fingerprint density at radius 3 is 1.20 bits per heavy atom. The van der Waals surface area contributed by atoms with Gasteiger partial charge in [0.1, 0.15) is 45.7 Å². The van der Waals surface area contributed by atoms with Crippen molar-refractivity contribution in [2.24, 2.45) is 20.5 Å². The van der Waals surface area contributed by atoms with E-state index in [0.29, 0.717) is 32.9 Å². The Bertz CT molecular complexity index is 2690. The number of anilines is 2. The number of fused-ring (bicyclic) bond motifs is 2. The van der Waals surface area contributed by atoms with Gasteiger partial charge in [-0.2, -0.15) is 0 Å². The Morgan fingerprint density at radius 1 is 0.517 bits per heavy atom. The van der Waals surface area contributed by atoms with Gasteiger partial charge < -0.3 is 31.1 Å². The van der Waals surface area contributed by atoms with Crippen molar-refractivity contribution in [3.8, 4) is 23.0 Å². The van der Waals surface area contributed by atoms with Crippen LogP contribution in [0.1, 0.15) is 13.8 Å². The molecule has 0 aliphatic heterocycles. The smallest absolute Gasteiger partial charge is 0.506 e. The number of nitrogens with zero attached hydrogens (tertiary/aromatic N) is 4. The van der Waals surface area contributed by atoms with Crippen LogP contribution in [0, 0.1) is 0 Å². The number of carbonyl (C=O) groups is 2. The second kappa shape index (κ2) is 20.7. The summed E-state index contributed by atoms with van der Waals surface area (Å²) in [6.07, 6.45) is 0. The molecule has 0 saturated heterocycles. The Hall–Kier alpha value is -5.47. The topological polar surface area (TPSA) is 281 Å². The zero-order chi connectivity index (χ0) is 42.4. The first-order valence-electron chi connectivity index (χ1n) is 16.9. The molecule has 0 radical (unpaired) electrons. The van der Waals surface area contributed by atoms with E-state index < -0.39 is 20.0 Å². The standard InChI is InChI=1S/2C19H18N4O5S.Cr.Na/c2*1-11(24)21-14-5-3-4-12-6-8-17(26)19(18(12)14)23-22-15-10-13(7-9-16(15)25)29(27,28)20-2;;/h2*3-10,20,25-26H,1-2H3,(H,21,24);;/q;;;+1. The predicted octanol–water partition coefficient (Wildman–Crippen LogP) is 4.07. The number of aromatic hydroxyl groups is 4. The molecule has 18 nitrogen and oxygen atoms in total. The van der Waals surface area contributed by atoms with Gasteiger partial charge in [-0.3, -0.25) is 9.59 Å². The molecule has 306 valence electrons. The summed E-state index contributed by atoms with van der Waals surface area (Å²) in [5.41, 5.74) is 0.775. The molecule has 60 heavy (non-hydrogen) atoms. The molecule has 0 bridgehead atoms. The van der Waals surface area contributed by atoms with E-state index in [1.54, 1.807) is 48.5 Å². The van der Waals surface area contributed by atoms with E-state index in [4.69, 9.17) is 0 Å². The van der Waals surface area contributed by atoms with Gasteiger partial charge in [0.05, 0.1) is 21.2 Å². The normalized spacial score (nSPS) is 11.4. The quantitative estimate of drug-likeness (QED) is 0.0721. The van der Waals surface area contributed by atoms with E-state index in [-0.39, 0.29) is 114 Å². The van der Waals surface area contributed by atoms with Gasteiger partial charge in [-0.1, -0.05) is 36.4 Å². The minimum atomic E-state index is -3.74. The average Bonchev–Trinajstić information content (AvgIpc) is 3.18.